The van der Waals surface area contributed by atoms with E-state index in [1.165, 1.54) is 6.07 Å². The molecule has 3 aromatic rings. The van der Waals surface area contributed by atoms with Gasteiger partial charge in [0.05, 0.1) is 5.56 Å². The summed E-state index contributed by atoms with van der Waals surface area (Å²) >= 11 is 0. The fourth-order valence-electron chi connectivity index (χ4n) is 3.72. The van der Waals surface area contributed by atoms with Gasteiger partial charge in [-0.1, -0.05) is 60.7 Å². The molecule has 0 aromatic heterocycles. The Hall–Kier alpha value is -3.63. The van der Waals surface area contributed by atoms with Gasteiger partial charge >= 0.3 is 5.97 Å². The first kappa shape index (κ1) is 22.6. The summed E-state index contributed by atoms with van der Waals surface area (Å²) in [6.07, 6.45) is -9.08. The third-order valence-corrected chi connectivity index (χ3v) is 5.44. The summed E-state index contributed by atoms with van der Waals surface area (Å²) in [6.45, 7) is 0. The Morgan fingerprint density at radius 1 is 0.788 bits per heavy atom. The first-order valence-corrected chi connectivity index (χ1v) is 10.1. The molecule has 9 nitrogen and oxygen atoms in total. The van der Waals surface area contributed by atoms with Crippen LogP contribution >= 0.6 is 0 Å². The zero-order chi connectivity index (χ0) is 23.7. The highest BCUT2D eigenvalue weighted by Crippen LogP contribution is 2.49. The standard InChI is InChI=1S/C24H22O9/c25-17-14(12-7-3-1-4-8-12)11-15(16(18(17)26)13-9-5-2-6-10-13)32-24-21(29)19(27)20(28)22(33-24)23(30)31/h1-11,19-22,24-29H,(H,30,31)/t19-,20?,21?,22?,24+/m0/s1. The van der Waals surface area contributed by atoms with Gasteiger partial charge < -0.3 is 40.1 Å². The van der Waals surface area contributed by atoms with E-state index in [-0.39, 0.29) is 16.9 Å². The maximum atomic E-state index is 11.4. The Morgan fingerprint density at radius 2 is 1.36 bits per heavy atom. The summed E-state index contributed by atoms with van der Waals surface area (Å²) in [4.78, 5) is 11.4. The van der Waals surface area contributed by atoms with Crippen LogP contribution in [-0.2, 0) is 9.53 Å². The van der Waals surface area contributed by atoms with Crippen molar-refractivity contribution in [2.45, 2.75) is 30.7 Å². The van der Waals surface area contributed by atoms with Gasteiger partial charge in [0, 0.05) is 5.56 Å². The van der Waals surface area contributed by atoms with Gasteiger partial charge in [-0.2, -0.15) is 0 Å². The van der Waals surface area contributed by atoms with Crippen molar-refractivity contribution in [1.82, 2.24) is 0 Å². The number of phenolic OH excluding ortho intramolecular Hbond substituents is 2. The normalized spacial score (nSPS) is 24.9. The van der Waals surface area contributed by atoms with E-state index >= 15 is 0 Å². The SMILES string of the molecule is O=C(O)C1O[C@@H](Oc2cc(-c3ccccc3)c(O)c(O)c2-c2ccccc2)C(O)[C@@H](O)C1O. The summed E-state index contributed by atoms with van der Waals surface area (Å²) in [6, 6.07) is 18.5. The van der Waals surface area contributed by atoms with E-state index in [2.05, 4.69) is 0 Å². The molecule has 9 heteroatoms. The number of hydrogen-bond donors (Lipinski definition) is 6. The van der Waals surface area contributed by atoms with Crippen molar-refractivity contribution < 1.29 is 44.9 Å². The maximum Gasteiger partial charge on any atom is 0.335 e. The second kappa shape index (κ2) is 9.08. The Labute approximate surface area is 188 Å². The van der Waals surface area contributed by atoms with Gasteiger partial charge in [0.15, 0.2) is 17.6 Å². The van der Waals surface area contributed by atoms with Crippen LogP contribution in [0.25, 0.3) is 22.3 Å². The lowest BCUT2D eigenvalue weighted by molar-refractivity contribution is -0.271. The Balaban J connectivity index is 1.84. The first-order valence-electron chi connectivity index (χ1n) is 10.1. The minimum absolute atomic E-state index is 0.0490. The molecular formula is C24H22O9. The van der Waals surface area contributed by atoms with Gasteiger partial charge in [-0.25, -0.2) is 4.79 Å². The predicted molar refractivity (Wildman–Crippen MR) is 116 cm³/mol. The van der Waals surface area contributed by atoms with Crippen molar-refractivity contribution >= 4 is 5.97 Å². The quantitative estimate of drug-likeness (QED) is 0.316. The smallest absolute Gasteiger partial charge is 0.335 e. The van der Waals surface area contributed by atoms with Crippen molar-refractivity contribution in [3.63, 3.8) is 0 Å². The molecule has 1 fully saturated rings. The molecule has 3 unspecified atom stereocenters. The zero-order valence-corrected chi connectivity index (χ0v) is 17.1. The summed E-state index contributed by atoms with van der Waals surface area (Å²) in [5.41, 5.74) is 1.29. The number of ether oxygens (including phenoxy) is 2. The predicted octanol–water partition coefficient (Wildman–Crippen LogP) is 1.70. The number of phenols is 2. The Morgan fingerprint density at radius 3 is 1.94 bits per heavy atom. The van der Waals surface area contributed by atoms with E-state index in [1.54, 1.807) is 60.7 Å². The lowest BCUT2D eigenvalue weighted by Crippen LogP contribution is -2.61. The third kappa shape index (κ3) is 4.22. The number of aliphatic hydroxyl groups excluding tert-OH is 3. The van der Waals surface area contributed by atoms with E-state index in [4.69, 9.17) is 9.47 Å². The topological polar surface area (TPSA) is 157 Å². The second-order valence-corrected chi connectivity index (χ2v) is 7.58. The molecule has 5 atom stereocenters. The van der Waals surface area contributed by atoms with Crippen molar-refractivity contribution in [3.05, 3.63) is 66.7 Å². The number of benzene rings is 3. The highest BCUT2D eigenvalue weighted by atomic mass is 16.7. The Kier molecular flexibility index (Phi) is 6.21. The molecule has 0 spiro atoms. The third-order valence-electron chi connectivity index (χ3n) is 5.44. The molecule has 1 saturated heterocycles. The fraction of sp³-hybridized carbons (Fsp3) is 0.208. The molecule has 3 aromatic carbocycles. The van der Waals surface area contributed by atoms with Gasteiger partial charge in [0.2, 0.25) is 6.29 Å². The van der Waals surface area contributed by atoms with E-state index in [1.807, 2.05) is 0 Å². The molecule has 33 heavy (non-hydrogen) atoms. The van der Waals surface area contributed by atoms with Crippen LogP contribution < -0.4 is 4.74 Å². The average Bonchev–Trinajstić information content (AvgIpc) is 2.82. The lowest BCUT2D eigenvalue weighted by Gasteiger charge is -2.38. The zero-order valence-electron chi connectivity index (χ0n) is 17.1. The van der Waals surface area contributed by atoms with Crippen LogP contribution in [0.1, 0.15) is 0 Å². The van der Waals surface area contributed by atoms with Gasteiger partial charge in [0.1, 0.15) is 24.1 Å². The van der Waals surface area contributed by atoms with E-state index in [9.17, 15) is 35.4 Å². The molecular weight excluding hydrogens is 432 g/mol. The average molecular weight is 454 g/mol. The van der Waals surface area contributed by atoms with Crippen LogP contribution in [-0.4, -0.2) is 67.3 Å². The highest BCUT2D eigenvalue weighted by Gasteiger charge is 2.48. The number of aliphatic carboxylic acids is 1. The van der Waals surface area contributed by atoms with Crippen LogP contribution in [0.15, 0.2) is 66.7 Å². The number of aromatic hydroxyl groups is 2. The number of carbonyl (C=O) groups is 1. The van der Waals surface area contributed by atoms with Gasteiger partial charge in [-0.15, -0.1) is 0 Å². The van der Waals surface area contributed by atoms with Crippen molar-refractivity contribution in [3.8, 4) is 39.5 Å². The number of carboxylic acid groups (broad SMARTS) is 1. The highest BCUT2D eigenvalue weighted by molar-refractivity contribution is 5.87. The minimum Gasteiger partial charge on any atom is -0.504 e. The fourth-order valence-corrected chi connectivity index (χ4v) is 3.72. The first-order chi connectivity index (χ1) is 15.8. The molecule has 0 bridgehead atoms. The molecule has 1 aliphatic rings. The molecule has 1 aliphatic heterocycles. The van der Waals surface area contributed by atoms with Crippen LogP contribution in [0.4, 0.5) is 0 Å². The van der Waals surface area contributed by atoms with Crippen LogP contribution in [0.2, 0.25) is 0 Å². The number of carboxylic acids is 1. The lowest BCUT2D eigenvalue weighted by atomic mass is 9.96. The van der Waals surface area contributed by atoms with Crippen molar-refractivity contribution in [2.24, 2.45) is 0 Å². The summed E-state index contributed by atoms with van der Waals surface area (Å²) in [5, 5.41) is 61.3. The summed E-state index contributed by atoms with van der Waals surface area (Å²) in [5.74, 6) is -2.51. The van der Waals surface area contributed by atoms with Crippen molar-refractivity contribution in [1.29, 1.82) is 0 Å². The molecule has 172 valence electrons. The van der Waals surface area contributed by atoms with Crippen LogP contribution in [0.5, 0.6) is 17.2 Å². The van der Waals surface area contributed by atoms with E-state index in [0.717, 1.165) is 0 Å². The van der Waals surface area contributed by atoms with Gasteiger partial charge in [0.25, 0.3) is 0 Å². The largest absolute Gasteiger partial charge is 0.504 e. The molecule has 0 radical (unpaired) electrons. The number of rotatable bonds is 5. The van der Waals surface area contributed by atoms with Gasteiger partial charge in [-0.05, 0) is 17.2 Å². The summed E-state index contributed by atoms with van der Waals surface area (Å²) < 4.78 is 11.0. The molecule has 0 aliphatic carbocycles. The minimum atomic E-state index is -1.88. The van der Waals surface area contributed by atoms with Gasteiger partial charge in [-0.3, -0.25) is 0 Å². The molecule has 0 amide bonds. The second-order valence-electron chi connectivity index (χ2n) is 7.58. The maximum absolute atomic E-state index is 11.4. The van der Waals surface area contributed by atoms with E-state index in [0.29, 0.717) is 11.1 Å². The van der Waals surface area contributed by atoms with E-state index < -0.39 is 48.2 Å². The Bertz CT molecular complexity index is 1130. The molecule has 1 heterocycles. The molecule has 6 N–H and O–H groups in total. The molecule has 4 rings (SSSR count). The number of aliphatic hydroxyl groups is 3. The summed E-state index contributed by atoms with van der Waals surface area (Å²) in [7, 11) is 0. The number of hydrogen-bond acceptors (Lipinski definition) is 8. The van der Waals surface area contributed by atoms with Crippen molar-refractivity contribution in [2.75, 3.05) is 0 Å². The van der Waals surface area contributed by atoms with Crippen LogP contribution in [0, 0.1) is 0 Å². The molecule has 0 saturated carbocycles. The van der Waals surface area contributed by atoms with Crippen LogP contribution in [0.3, 0.4) is 0 Å². The monoisotopic (exact) mass is 454 g/mol.